The molecular formula is C18H23NO. The molecule has 0 saturated heterocycles. The monoisotopic (exact) mass is 269 g/mol. The molecule has 0 amide bonds. The van der Waals surface area contributed by atoms with E-state index in [0.717, 1.165) is 17.9 Å². The number of nitrogens with one attached hydrogen (secondary N) is 1. The molecule has 2 nitrogen and oxygen atoms in total. The predicted octanol–water partition coefficient (Wildman–Crippen LogP) is 4.42. The van der Waals surface area contributed by atoms with Crippen molar-refractivity contribution in [3.63, 3.8) is 0 Å². The highest BCUT2D eigenvalue weighted by Gasteiger charge is 2.13. The van der Waals surface area contributed by atoms with Gasteiger partial charge < -0.3 is 10.1 Å². The molecule has 0 aliphatic carbocycles. The van der Waals surface area contributed by atoms with Crippen LogP contribution in [0.4, 0.5) is 0 Å². The molecule has 20 heavy (non-hydrogen) atoms. The standard InChI is InChI=1S/C18H23NO/c1-4-19-14(3)15-10-6-7-11-16(15)17-12-8-9-13-18(17)20-5-2/h6-14,19H,4-5H2,1-3H3. The van der Waals surface area contributed by atoms with E-state index in [2.05, 4.69) is 55.6 Å². The van der Waals surface area contributed by atoms with Gasteiger partial charge >= 0.3 is 0 Å². The Hall–Kier alpha value is -1.80. The lowest BCUT2D eigenvalue weighted by atomic mass is 9.95. The molecular weight excluding hydrogens is 246 g/mol. The minimum absolute atomic E-state index is 0.325. The van der Waals surface area contributed by atoms with Gasteiger partial charge in [0.2, 0.25) is 0 Å². The van der Waals surface area contributed by atoms with Crippen LogP contribution in [0.2, 0.25) is 0 Å². The number of benzene rings is 2. The third-order valence-corrected chi connectivity index (χ3v) is 3.41. The topological polar surface area (TPSA) is 21.3 Å². The lowest BCUT2D eigenvalue weighted by Crippen LogP contribution is -2.18. The van der Waals surface area contributed by atoms with Crippen LogP contribution in [0.1, 0.15) is 32.4 Å². The van der Waals surface area contributed by atoms with Crippen molar-refractivity contribution < 1.29 is 4.74 Å². The molecule has 2 rings (SSSR count). The summed E-state index contributed by atoms with van der Waals surface area (Å²) in [5.74, 6) is 0.950. The van der Waals surface area contributed by atoms with Gasteiger partial charge in [0, 0.05) is 11.6 Å². The molecule has 106 valence electrons. The normalized spacial score (nSPS) is 12.2. The van der Waals surface area contributed by atoms with E-state index in [4.69, 9.17) is 4.74 Å². The van der Waals surface area contributed by atoms with Crippen molar-refractivity contribution in [3.8, 4) is 16.9 Å². The molecule has 0 spiro atoms. The van der Waals surface area contributed by atoms with Gasteiger partial charge in [-0.25, -0.2) is 0 Å². The highest BCUT2D eigenvalue weighted by molar-refractivity contribution is 5.73. The van der Waals surface area contributed by atoms with Crippen LogP contribution in [-0.2, 0) is 0 Å². The van der Waals surface area contributed by atoms with Crippen molar-refractivity contribution in [2.45, 2.75) is 26.8 Å². The lowest BCUT2D eigenvalue weighted by molar-refractivity contribution is 0.341. The predicted molar refractivity (Wildman–Crippen MR) is 85.1 cm³/mol. The van der Waals surface area contributed by atoms with Crippen molar-refractivity contribution in [1.29, 1.82) is 0 Å². The summed E-state index contributed by atoms with van der Waals surface area (Å²) in [6.07, 6.45) is 0. The van der Waals surface area contributed by atoms with E-state index >= 15 is 0 Å². The largest absolute Gasteiger partial charge is 0.493 e. The van der Waals surface area contributed by atoms with Crippen LogP contribution < -0.4 is 10.1 Å². The zero-order valence-electron chi connectivity index (χ0n) is 12.5. The third kappa shape index (κ3) is 3.20. The molecule has 0 bridgehead atoms. The minimum atomic E-state index is 0.325. The molecule has 2 aromatic carbocycles. The Morgan fingerprint density at radius 1 is 0.950 bits per heavy atom. The average Bonchev–Trinajstić information content (AvgIpc) is 2.48. The first-order chi connectivity index (χ1) is 9.77. The van der Waals surface area contributed by atoms with Gasteiger partial charge in [-0.2, -0.15) is 0 Å². The van der Waals surface area contributed by atoms with E-state index in [9.17, 15) is 0 Å². The Labute approximate surface area is 121 Å². The number of rotatable bonds is 6. The van der Waals surface area contributed by atoms with Gasteiger partial charge in [0.15, 0.2) is 0 Å². The Kier molecular flexibility index (Phi) is 5.19. The van der Waals surface area contributed by atoms with Crippen molar-refractivity contribution >= 4 is 0 Å². The summed E-state index contributed by atoms with van der Waals surface area (Å²) >= 11 is 0. The Bertz CT molecular complexity index is 551. The van der Waals surface area contributed by atoms with Crippen molar-refractivity contribution in [1.82, 2.24) is 5.32 Å². The van der Waals surface area contributed by atoms with E-state index in [1.165, 1.54) is 11.1 Å². The first kappa shape index (κ1) is 14.6. The summed E-state index contributed by atoms with van der Waals surface area (Å²) in [5.41, 5.74) is 3.71. The maximum atomic E-state index is 5.77. The van der Waals surface area contributed by atoms with Crippen molar-refractivity contribution in [3.05, 3.63) is 54.1 Å². The van der Waals surface area contributed by atoms with Crippen LogP contribution >= 0.6 is 0 Å². The summed E-state index contributed by atoms with van der Waals surface area (Å²) in [4.78, 5) is 0. The summed E-state index contributed by atoms with van der Waals surface area (Å²) in [6.45, 7) is 7.99. The smallest absolute Gasteiger partial charge is 0.127 e. The Balaban J connectivity index is 2.47. The van der Waals surface area contributed by atoms with Gasteiger partial charge in [-0.15, -0.1) is 0 Å². The molecule has 0 radical (unpaired) electrons. The van der Waals surface area contributed by atoms with Crippen LogP contribution in [0.3, 0.4) is 0 Å². The fraction of sp³-hybridized carbons (Fsp3) is 0.333. The summed E-state index contributed by atoms with van der Waals surface area (Å²) in [7, 11) is 0. The van der Waals surface area contributed by atoms with Gasteiger partial charge in [-0.05, 0) is 37.6 Å². The SMILES string of the molecule is CCNC(C)c1ccccc1-c1ccccc1OCC. The van der Waals surface area contributed by atoms with Crippen LogP contribution in [-0.4, -0.2) is 13.2 Å². The zero-order chi connectivity index (χ0) is 14.4. The fourth-order valence-electron chi connectivity index (χ4n) is 2.51. The second-order valence-corrected chi connectivity index (χ2v) is 4.80. The van der Waals surface area contributed by atoms with Crippen molar-refractivity contribution in [2.24, 2.45) is 0 Å². The first-order valence-corrected chi connectivity index (χ1v) is 7.32. The molecule has 0 fully saturated rings. The van der Waals surface area contributed by atoms with Crippen LogP contribution in [0.25, 0.3) is 11.1 Å². The van der Waals surface area contributed by atoms with E-state index in [0.29, 0.717) is 12.6 Å². The number of hydrogen-bond acceptors (Lipinski definition) is 2. The zero-order valence-corrected chi connectivity index (χ0v) is 12.5. The molecule has 1 atom stereocenters. The van der Waals surface area contributed by atoms with Crippen LogP contribution in [0.5, 0.6) is 5.75 Å². The molecule has 0 heterocycles. The summed E-state index contributed by atoms with van der Waals surface area (Å²) in [6, 6.07) is 17.1. The molecule has 0 aliphatic heterocycles. The van der Waals surface area contributed by atoms with Crippen LogP contribution in [0, 0.1) is 0 Å². The van der Waals surface area contributed by atoms with Gasteiger partial charge in [0.25, 0.3) is 0 Å². The molecule has 2 aromatic rings. The van der Waals surface area contributed by atoms with Crippen molar-refractivity contribution in [2.75, 3.05) is 13.2 Å². The van der Waals surface area contributed by atoms with Gasteiger partial charge in [0.1, 0.15) is 5.75 Å². The Morgan fingerprint density at radius 3 is 2.30 bits per heavy atom. The second kappa shape index (κ2) is 7.11. The second-order valence-electron chi connectivity index (χ2n) is 4.80. The molecule has 0 saturated carbocycles. The lowest BCUT2D eigenvalue weighted by Gasteiger charge is -2.19. The molecule has 1 unspecified atom stereocenters. The number of hydrogen-bond donors (Lipinski definition) is 1. The van der Waals surface area contributed by atoms with Gasteiger partial charge in [-0.3, -0.25) is 0 Å². The molecule has 0 aromatic heterocycles. The molecule has 0 aliphatic rings. The minimum Gasteiger partial charge on any atom is -0.493 e. The average molecular weight is 269 g/mol. The summed E-state index contributed by atoms with van der Waals surface area (Å²) < 4.78 is 5.77. The number of para-hydroxylation sites is 1. The maximum Gasteiger partial charge on any atom is 0.127 e. The highest BCUT2D eigenvalue weighted by Crippen LogP contribution is 2.34. The fourth-order valence-corrected chi connectivity index (χ4v) is 2.51. The van der Waals surface area contributed by atoms with E-state index in [1.54, 1.807) is 0 Å². The maximum absolute atomic E-state index is 5.77. The summed E-state index contributed by atoms with van der Waals surface area (Å²) in [5, 5.41) is 3.48. The van der Waals surface area contributed by atoms with E-state index in [-0.39, 0.29) is 0 Å². The number of ether oxygens (including phenoxy) is 1. The van der Waals surface area contributed by atoms with Gasteiger partial charge in [0.05, 0.1) is 6.61 Å². The van der Waals surface area contributed by atoms with Gasteiger partial charge in [-0.1, -0.05) is 49.4 Å². The van der Waals surface area contributed by atoms with E-state index < -0.39 is 0 Å². The van der Waals surface area contributed by atoms with Crippen LogP contribution in [0.15, 0.2) is 48.5 Å². The molecule has 1 N–H and O–H groups in total. The quantitative estimate of drug-likeness (QED) is 0.838. The Morgan fingerprint density at radius 2 is 1.60 bits per heavy atom. The third-order valence-electron chi connectivity index (χ3n) is 3.41. The van der Waals surface area contributed by atoms with E-state index in [1.807, 2.05) is 19.1 Å². The molecule has 2 heteroatoms. The highest BCUT2D eigenvalue weighted by atomic mass is 16.5. The first-order valence-electron chi connectivity index (χ1n) is 7.32.